The molecule has 3 aromatic rings. The van der Waals surface area contributed by atoms with Gasteiger partial charge in [-0.15, -0.1) is 0 Å². The molecule has 9 heteroatoms. The predicted molar refractivity (Wildman–Crippen MR) is 145 cm³/mol. The quantitative estimate of drug-likeness (QED) is 0.435. The Morgan fingerprint density at radius 3 is 2.85 bits per heavy atom. The van der Waals surface area contributed by atoms with Crippen molar-refractivity contribution >= 4 is 11.7 Å². The number of nitrogens with zero attached hydrogens (tertiary/aromatic N) is 7. The molecular formula is C30H31N7O2. The van der Waals surface area contributed by atoms with Gasteiger partial charge in [-0.05, 0) is 42.2 Å². The molecule has 2 aromatic heterocycles. The van der Waals surface area contributed by atoms with Crippen LogP contribution in [0.3, 0.4) is 0 Å². The van der Waals surface area contributed by atoms with Gasteiger partial charge in [0.2, 0.25) is 5.91 Å². The number of anilines is 1. The van der Waals surface area contributed by atoms with Crippen LogP contribution in [-0.4, -0.2) is 56.3 Å². The molecule has 1 fully saturated rings. The SMILES string of the molecule is C=CC(=O)N1CCN(c2nc(OCc3ccccn3)nc3c2CN(C2CCc4ccccc42)C3)C[C@@H]1CC#N. The summed E-state index contributed by atoms with van der Waals surface area (Å²) in [5.74, 6) is 0.687. The van der Waals surface area contributed by atoms with E-state index in [9.17, 15) is 10.1 Å². The van der Waals surface area contributed by atoms with Gasteiger partial charge in [-0.3, -0.25) is 14.7 Å². The summed E-state index contributed by atoms with van der Waals surface area (Å²) in [4.78, 5) is 33.0. The monoisotopic (exact) mass is 521 g/mol. The second kappa shape index (κ2) is 10.8. The van der Waals surface area contributed by atoms with Crippen molar-refractivity contribution < 1.29 is 9.53 Å². The molecule has 9 nitrogen and oxygen atoms in total. The van der Waals surface area contributed by atoms with Gasteiger partial charge in [0, 0.05) is 50.5 Å². The van der Waals surface area contributed by atoms with Crippen molar-refractivity contribution in [3.8, 4) is 12.1 Å². The van der Waals surface area contributed by atoms with E-state index in [1.165, 1.54) is 17.2 Å². The summed E-state index contributed by atoms with van der Waals surface area (Å²) in [5, 5.41) is 9.47. The number of hydrogen-bond acceptors (Lipinski definition) is 8. The molecule has 1 unspecified atom stereocenters. The Morgan fingerprint density at radius 1 is 1.15 bits per heavy atom. The molecule has 39 heavy (non-hydrogen) atoms. The van der Waals surface area contributed by atoms with E-state index < -0.39 is 0 Å². The van der Waals surface area contributed by atoms with Gasteiger partial charge >= 0.3 is 6.01 Å². The lowest BCUT2D eigenvalue weighted by Crippen LogP contribution is -2.55. The largest absolute Gasteiger partial charge is 0.457 e. The first-order chi connectivity index (χ1) is 19.1. The fourth-order valence-electron chi connectivity index (χ4n) is 6.06. The number of piperazine rings is 1. The highest BCUT2D eigenvalue weighted by Crippen LogP contribution is 2.42. The minimum Gasteiger partial charge on any atom is -0.457 e. The van der Waals surface area contributed by atoms with E-state index in [1.807, 2.05) is 18.2 Å². The third-order valence-electron chi connectivity index (χ3n) is 7.95. The van der Waals surface area contributed by atoms with Crippen molar-refractivity contribution in [2.24, 2.45) is 0 Å². The van der Waals surface area contributed by atoms with E-state index in [2.05, 4.69) is 51.7 Å². The molecule has 3 aliphatic rings. The summed E-state index contributed by atoms with van der Waals surface area (Å²) in [5.41, 5.74) is 5.70. The number of pyridine rings is 1. The van der Waals surface area contributed by atoms with Gasteiger partial charge in [0.05, 0.1) is 29.9 Å². The lowest BCUT2D eigenvalue weighted by molar-refractivity contribution is -0.128. The molecule has 1 aromatic carbocycles. The standard InChI is InChI=1S/C30H31N7O2/c1-2-28(38)37-16-15-35(17-23(37)12-13-31)29-25-18-36(27-11-10-21-7-3-4-9-24(21)27)19-26(25)33-30(34-29)39-20-22-8-5-6-14-32-22/h2-9,14,23,27H,1,10-12,15-20H2/t23-,27?/m0/s1. The summed E-state index contributed by atoms with van der Waals surface area (Å²) < 4.78 is 6.06. The summed E-state index contributed by atoms with van der Waals surface area (Å²) in [6.07, 6.45) is 5.48. The summed E-state index contributed by atoms with van der Waals surface area (Å²) in [6, 6.07) is 17.1. The zero-order chi connectivity index (χ0) is 26.8. The van der Waals surface area contributed by atoms with Gasteiger partial charge in [-0.25, -0.2) is 0 Å². The van der Waals surface area contributed by atoms with Gasteiger partial charge in [0.25, 0.3) is 0 Å². The van der Waals surface area contributed by atoms with E-state index in [1.54, 1.807) is 11.1 Å². The minimum absolute atomic E-state index is 0.145. The second-order valence-corrected chi connectivity index (χ2v) is 10.2. The smallest absolute Gasteiger partial charge is 0.319 e. The minimum atomic E-state index is -0.239. The number of hydrogen-bond donors (Lipinski definition) is 0. The topological polar surface area (TPSA) is 98.5 Å². The summed E-state index contributed by atoms with van der Waals surface area (Å²) >= 11 is 0. The van der Waals surface area contributed by atoms with Crippen LogP contribution in [0.2, 0.25) is 0 Å². The highest BCUT2D eigenvalue weighted by atomic mass is 16.5. The molecule has 198 valence electrons. The second-order valence-electron chi connectivity index (χ2n) is 10.2. The number of aromatic nitrogens is 3. The first-order valence-electron chi connectivity index (χ1n) is 13.4. The Hall–Kier alpha value is -4.29. The van der Waals surface area contributed by atoms with Crippen LogP contribution in [0.1, 0.15) is 47.0 Å². The van der Waals surface area contributed by atoms with Gasteiger partial charge in [0.1, 0.15) is 12.4 Å². The third kappa shape index (κ3) is 4.95. The van der Waals surface area contributed by atoms with E-state index in [-0.39, 0.29) is 25.0 Å². The van der Waals surface area contributed by atoms with Gasteiger partial charge in [-0.1, -0.05) is 36.9 Å². The number of rotatable bonds is 7. The lowest BCUT2D eigenvalue weighted by atomic mass is 10.1. The molecule has 4 heterocycles. The van der Waals surface area contributed by atoms with Crippen molar-refractivity contribution in [1.29, 1.82) is 5.26 Å². The van der Waals surface area contributed by atoms with Crippen LogP contribution < -0.4 is 9.64 Å². The molecule has 2 aliphatic heterocycles. The Balaban J connectivity index is 1.30. The molecule has 6 rings (SSSR count). The number of fused-ring (bicyclic) bond motifs is 2. The van der Waals surface area contributed by atoms with Gasteiger partial charge in [0.15, 0.2) is 0 Å². The highest BCUT2D eigenvalue weighted by molar-refractivity contribution is 5.87. The van der Waals surface area contributed by atoms with E-state index in [0.29, 0.717) is 31.7 Å². The fraction of sp³-hybridized carbons (Fsp3) is 0.367. The van der Waals surface area contributed by atoms with Crippen LogP contribution in [0.25, 0.3) is 0 Å². The fourth-order valence-corrected chi connectivity index (χ4v) is 6.06. The van der Waals surface area contributed by atoms with Crippen LogP contribution in [-0.2, 0) is 30.9 Å². The first-order valence-corrected chi connectivity index (χ1v) is 13.4. The van der Waals surface area contributed by atoms with E-state index >= 15 is 0 Å². The molecule has 0 radical (unpaired) electrons. The van der Waals surface area contributed by atoms with Gasteiger partial charge < -0.3 is 14.5 Å². The van der Waals surface area contributed by atoms with Crippen LogP contribution in [0.15, 0.2) is 61.3 Å². The molecule has 0 bridgehead atoms. The molecule has 0 saturated carbocycles. The number of benzene rings is 1. The molecular weight excluding hydrogens is 490 g/mol. The molecule has 2 atom stereocenters. The Labute approximate surface area is 228 Å². The summed E-state index contributed by atoms with van der Waals surface area (Å²) in [6.45, 7) is 7.01. The Kier molecular flexibility index (Phi) is 6.95. The number of carbonyl (C=O) groups excluding carboxylic acids is 1. The number of amides is 1. The van der Waals surface area contributed by atoms with Crippen LogP contribution in [0.5, 0.6) is 6.01 Å². The highest BCUT2D eigenvalue weighted by Gasteiger charge is 2.37. The predicted octanol–water partition coefficient (Wildman–Crippen LogP) is 3.57. The first kappa shape index (κ1) is 25.0. The van der Waals surface area contributed by atoms with Gasteiger partial charge in [-0.2, -0.15) is 15.2 Å². The van der Waals surface area contributed by atoms with Crippen molar-refractivity contribution in [3.05, 3.63) is 89.4 Å². The number of aryl methyl sites for hydroxylation is 1. The van der Waals surface area contributed by atoms with Crippen molar-refractivity contribution in [2.45, 2.75) is 51.0 Å². The molecule has 1 aliphatic carbocycles. The van der Waals surface area contributed by atoms with Crippen LogP contribution in [0.4, 0.5) is 5.82 Å². The van der Waals surface area contributed by atoms with E-state index in [0.717, 1.165) is 48.7 Å². The number of nitriles is 1. The lowest BCUT2D eigenvalue weighted by Gasteiger charge is -2.41. The van der Waals surface area contributed by atoms with E-state index in [4.69, 9.17) is 14.7 Å². The molecule has 0 spiro atoms. The summed E-state index contributed by atoms with van der Waals surface area (Å²) in [7, 11) is 0. The molecule has 1 saturated heterocycles. The maximum absolute atomic E-state index is 12.5. The Morgan fingerprint density at radius 2 is 2.03 bits per heavy atom. The zero-order valence-corrected chi connectivity index (χ0v) is 21.9. The normalized spacial score (nSPS) is 20.3. The van der Waals surface area contributed by atoms with Crippen molar-refractivity contribution in [3.63, 3.8) is 0 Å². The zero-order valence-electron chi connectivity index (χ0n) is 21.9. The maximum Gasteiger partial charge on any atom is 0.319 e. The average molecular weight is 522 g/mol. The average Bonchev–Trinajstić information content (AvgIpc) is 3.60. The molecule has 1 amide bonds. The molecule has 0 N–H and O–H groups in total. The number of ether oxygens (including phenoxy) is 1. The van der Waals surface area contributed by atoms with Crippen LogP contribution in [0, 0.1) is 11.3 Å². The third-order valence-corrected chi connectivity index (χ3v) is 7.95. The van der Waals surface area contributed by atoms with Crippen molar-refractivity contribution in [1.82, 2.24) is 24.8 Å². The number of carbonyl (C=O) groups is 1. The van der Waals surface area contributed by atoms with Crippen molar-refractivity contribution in [2.75, 3.05) is 24.5 Å². The maximum atomic E-state index is 12.5. The Bertz CT molecular complexity index is 1420. The van der Waals surface area contributed by atoms with Crippen LogP contribution >= 0.6 is 0 Å².